The quantitative estimate of drug-likeness (QED) is 0.474. The summed E-state index contributed by atoms with van der Waals surface area (Å²) in [4.78, 5) is 12.6. The summed E-state index contributed by atoms with van der Waals surface area (Å²) in [5.41, 5.74) is 1.67. The summed E-state index contributed by atoms with van der Waals surface area (Å²) in [6, 6.07) is 16.8. The van der Waals surface area contributed by atoms with Gasteiger partial charge in [0.25, 0.3) is 0 Å². The first-order valence-corrected chi connectivity index (χ1v) is 8.35. The zero-order valence-corrected chi connectivity index (χ0v) is 14.3. The molecule has 23 heavy (non-hydrogen) atoms. The Bertz CT molecular complexity index is 629. The monoisotopic (exact) mass is 310 g/mol. The number of carbonyl (C=O) groups excluding carboxylic acids is 1. The summed E-state index contributed by atoms with van der Waals surface area (Å²) in [6.45, 7) is 7.41. The van der Waals surface area contributed by atoms with Gasteiger partial charge in [0, 0.05) is 5.56 Å². The van der Waals surface area contributed by atoms with Crippen LogP contribution in [-0.4, -0.2) is 12.4 Å². The van der Waals surface area contributed by atoms with E-state index in [4.69, 9.17) is 4.74 Å². The van der Waals surface area contributed by atoms with Crippen LogP contribution in [0.1, 0.15) is 56.0 Å². The van der Waals surface area contributed by atoms with Crippen molar-refractivity contribution in [1.29, 1.82) is 0 Å². The number of hydrogen-bond donors (Lipinski definition) is 0. The van der Waals surface area contributed by atoms with E-state index >= 15 is 0 Å². The van der Waals surface area contributed by atoms with Gasteiger partial charge in [0.05, 0.1) is 12.2 Å². The van der Waals surface area contributed by atoms with E-state index in [1.165, 1.54) is 0 Å². The maximum Gasteiger partial charge on any atom is 0.196 e. The molecular formula is C21H26O2. The number of rotatable bonds is 8. The number of hydrogen-bond acceptors (Lipinski definition) is 2. The smallest absolute Gasteiger partial charge is 0.196 e. The van der Waals surface area contributed by atoms with Crippen molar-refractivity contribution >= 4 is 5.78 Å². The molecule has 2 aromatic carbocycles. The van der Waals surface area contributed by atoms with Crippen LogP contribution in [0.4, 0.5) is 0 Å². The van der Waals surface area contributed by atoms with Crippen molar-refractivity contribution in [3.05, 3.63) is 65.7 Å². The molecule has 0 N–H and O–H groups in total. The van der Waals surface area contributed by atoms with Crippen LogP contribution in [0.3, 0.4) is 0 Å². The van der Waals surface area contributed by atoms with Gasteiger partial charge in [-0.15, -0.1) is 0 Å². The molecule has 0 bridgehead atoms. The summed E-state index contributed by atoms with van der Waals surface area (Å²) in [6.07, 6.45) is 3.28. The van der Waals surface area contributed by atoms with Gasteiger partial charge >= 0.3 is 0 Å². The van der Waals surface area contributed by atoms with E-state index in [0.29, 0.717) is 28.9 Å². The van der Waals surface area contributed by atoms with Crippen molar-refractivity contribution < 1.29 is 9.53 Å². The molecular weight excluding hydrogens is 284 g/mol. The Morgan fingerprint density at radius 2 is 1.65 bits per heavy atom. The van der Waals surface area contributed by atoms with Crippen LogP contribution in [0.5, 0.6) is 5.75 Å². The van der Waals surface area contributed by atoms with Crippen LogP contribution in [-0.2, 0) is 0 Å². The van der Waals surface area contributed by atoms with Gasteiger partial charge in [-0.2, -0.15) is 0 Å². The third-order valence-corrected chi connectivity index (χ3v) is 4.38. The van der Waals surface area contributed by atoms with E-state index in [1.54, 1.807) is 0 Å². The summed E-state index contributed by atoms with van der Waals surface area (Å²) >= 11 is 0. The fourth-order valence-corrected chi connectivity index (χ4v) is 2.43. The molecule has 0 heterocycles. The average molecular weight is 310 g/mol. The first-order chi connectivity index (χ1) is 11.0. The van der Waals surface area contributed by atoms with Crippen LogP contribution in [0, 0.1) is 5.41 Å². The molecule has 0 atom stereocenters. The number of para-hydroxylation sites is 1. The van der Waals surface area contributed by atoms with Gasteiger partial charge in [0.15, 0.2) is 5.78 Å². The highest BCUT2D eigenvalue weighted by atomic mass is 16.5. The zero-order chi connectivity index (χ0) is 16.7. The molecule has 0 aromatic heterocycles. The lowest BCUT2D eigenvalue weighted by atomic mass is 9.85. The normalized spacial score (nSPS) is 11.3. The van der Waals surface area contributed by atoms with Crippen molar-refractivity contribution in [2.45, 2.75) is 40.0 Å². The average Bonchev–Trinajstić information content (AvgIpc) is 2.59. The maximum absolute atomic E-state index is 12.6. The SMILES string of the molecule is CCC(C)(C)CCCOc1ccccc1C(=O)c1ccccc1. The lowest BCUT2D eigenvalue weighted by Gasteiger charge is -2.22. The molecule has 0 spiro atoms. The van der Waals surface area contributed by atoms with Crippen molar-refractivity contribution in [2.24, 2.45) is 5.41 Å². The van der Waals surface area contributed by atoms with E-state index < -0.39 is 0 Å². The highest BCUT2D eigenvalue weighted by molar-refractivity contribution is 6.10. The van der Waals surface area contributed by atoms with Gasteiger partial charge in [-0.25, -0.2) is 0 Å². The van der Waals surface area contributed by atoms with Gasteiger partial charge in [-0.05, 0) is 30.4 Å². The van der Waals surface area contributed by atoms with Crippen molar-refractivity contribution in [3.8, 4) is 5.75 Å². The first kappa shape index (κ1) is 17.3. The standard InChI is InChI=1S/C21H26O2/c1-4-21(2,3)15-10-16-23-19-14-9-8-13-18(19)20(22)17-11-6-5-7-12-17/h5-9,11-14H,4,10,15-16H2,1-3H3. The summed E-state index contributed by atoms with van der Waals surface area (Å²) in [7, 11) is 0. The van der Waals surface area contributed by atoms with Gasteiger partial charge in [0.1, 0.15) is 5.75 Å². The van der Waals surface area contributed by atoms with Crippen molar-refractivity contribution in [2.75, 3.05) is 6.61 Å². The number of ketones is 1. The topological polar surface area (TPSA) is 26.3 Å². The molecule has 122 valence electrons. The first-order valence-electron chi connectivity index (χ1n) is 8.35. The predicted molar refractivity (Wildman–Crippen MR) is 95.1 cm³/mol. The van der Waals surface area contributed by atoms with Gasteiger partial charge in [-0.1, -0.05) is 69.7 Å². The summed E-state index contributed by atoms with van der Waals surface area (Å²) in [5, 5.41) is 0. The molecule has 0 radical (unpaired) electrons. The molecule has 0 amide bonds. The summed E-state index contributed by atoms with van der Waals surface area (Å²) in [5.74, 6) is 0.686. The Balaban J connectivity index is 2.02. The minimum Gasteiger partial charge on any atom is -0.493 e. The lowest BCUT2D eigenvalue weighted by Crippen LogP contribution is -2.12. The minimum atomic E-state index is 0.00934. The lowest BCUT2D eigenvalue weighted by molar-refractivity contribution is 0.103. The van der Waals surface area contributed by atoms with Crippen LogP contribution in [0.15, 0.2) is 54.6 Å². The van der Waals surface area contributed by atoms with Crippen LogP contribution in [0.2, 0.25) is 0 Å². The Hall–Kier alpha value is -2.09. The van der Waals surface area contributed by atoms with Gasteiger partial charge in [0.2, 0.25) is 0 Å². The van der Waals surface area contributed by atoms with E-state index in [1.807, 2.05) is 54.6 Å². The molecule has 2 nitrogen and oxygen atoms in total. The molecule has 0 unspecified atom stereocenters. The van der Waals surface area contributed by atoms with Crippen molar-refractivity contribution in [1.82, 2.24) is 0 Å². The predicted octanol–water partition coefficient (Wildman–Crippen LogP) is 5.51. The Kier molecular flexibility index (Phi) is 5.97. The largest absolute Gasteiger partial charge is 0.493 e. The third-order valence-electron chi connectivity index (χ3n) is 4.38. The second-order valence-corrected chi connectivity index (χ2v) is 6.66. The second-order valence-electron chi connectivity index (χ2n) is 6.66. The molecule has 2 rings (SSSR count). The fourth-order valence-electron chi connectivity index (χ4n) is 2.43. The minimum absolute atomic E-state index is 0.00934. The molecule has 2 aromatic rings. The molecule has 0 aliphatic heterocycles. The van der Waals surface area contributed by atoms with E-state index in [9.17, 15) is 4.79 Å². The molecule has 2 heteroatoms. The third kappa shape index (κ3) is 4.95. The number of ether oxygens (including phenoxy) is 1. The van der Waals surface area contributed by atoms with E-state index in [2.05, 4.69) is 20.8 Å². The Labute approximate surface area is 139 Å². The van der Waals surface area contributed by atoms with Gasteiger partial charge < -0.3 is 4.74 Å². The Morgan fingerprint density at radius 1 is 1.00 bits per heavy atom. The Morgan fingerprint density at radius 3 is 2.35 bits per heavy atom. The highest BCUT2D eigenvalue weighted by Crippen LogP contribution is 2.27. The van der Waals surface area contributed by atoms with E-state index in [-0.39, 0.29) is 5.78 Å². The van der Waals surface area contributed by atoms with Crippen molar-refractivity contribution in [3.63, 3.8) is 0 Å². The van der Waals surface area contributed by atoms with Gasteiger partial charge in [-0.3, -0.25) is 4.79 Å². The maximum atomic E-state index is 12.6. The molecule has 0 aliphatic carbocycles. The molecule has 0 saturated carbocycles. The highest BCUT2D eigenvalue weighted by Gasteiger charge is 2.16. The molecule has 0 aliphatic rings. The van der Waals surface area contributed by atoms with Crippen LogP contribution in [0.25, 0.3) is 0 Å². The summed E-state index contributed by atoms with van der Waals surface area (Å²) < 4.78 is 5.90. The second kappa shape index (κ2) is 7.96. The van der Waals surface area contributed by atoms with E-state index in [0.717, 1.165) is 19.3 Å². The zero-order valence-electron chi connectivity index (χ0n) is 14.3. The molecule has 0 saturated heterocycles. The molecule has 0 fully saturated rings. The fraction of sp³-hybridized carbons (Fsp3) is 0.381. The number of benzene rings is 2. The van der Waals surface area contributed by atoms with Crippen LogP contribution < -0.4 is 4.74 Å². The number of carbonyl (C=O) groups is 1. The van der Waals surface area contributed by atoms with Crippen LogP contribution >= 0.6 is 0 Å².